The average molecular weight is 440 g/mol. The lowest BCUT2D eigenvalue weighted by Gasteiger charge is -2.11. The number of aliphatic carboxylic acids is 1. The molecule has 1 N–H and O–H groups in total. The summed E-state index contributed by atoms with van der Waals surface area (Å²) >= 11 is 0. The number of alkyl halides is 3. The van der Waals surface area contributed by atoms with Crippen LogP contribution in [0.5, 0.6) is 5.75 Å². The van der Waals surface area contributed by atoms with Gasteiger partial charge in [0.2, 0.25) is 0 Å². The minimum atomic E-state index is -4.36. The summed E-state index contributed by atoms with van der Waals surface area (Å²) in [4.78, 5) is 11.1. The molecule has 3 aromatic rings. The van der Waals surface area contributed by atoms with Crippen LogP contribution in [-0.2, 0) is 17.6 Å². The molecule has 0 radical (unpaired) electrons. The Morgan fingerprint density at radius 3 is 2.12 bits per heavy atom. The third-order valence-corrected chi connectivity index (χ3v) is 5.01. The normalized spacial score (nSPS) is 11.2. The summed E-state index contributed by atoms with van der Waals surface area (Å²) in [6, 6.07) is 19.8. The number of halogens is 3. The summed E-state index contributed by atoms with van der Waals surface area (Å²) in [5.74, 6) is -0.244. The topological polar surface area (TPSA) is 46.5 Å². The summed E-state index contributed by atoms with van der Waals surface area (Å²) in [6.07, 6.45) is -4.40. The van der Waals surface area contributed by atoms with Gasteiger partial charge >= 0.3 is 12.1 Å². The number of carboxylic acids is 1. The molecule has 0 unspecified atom stereocenters. The Labute approximate surface area is 184 Å². The zero-order chi connectivity index (χ0) is 23.3. The first-order valence-electron chi connectivity index (χ1n) is 10.0. The maximum absolute atomic E-state index is 12.8. The molecule has 0 aliphatic carbocycles. The van der Waals surface area contributed by atoms with Gasteiger partial charge in [0.1, 0.15) is 12.4 Å². The molecule has 6 heteroatoms. The lowest BCUT2D eigenvalue weighted by atomic mass is 9.98. The number of carbonyl (C=O) groups is 1. The van der Waals surface area contributed by atoms with Crippen molar-refractivity contribution >= 4 is 11.5 Å². The number of carboxylic acid groups (broad SMARTS) is 1. The van der Waals surface area contributed by atoms with E-state index in [-0.39, 0.29) is 6.42 Å². The molecule has 0 saturated heterocycles. The van der Waals surface area contributed by atoms with Gasteiger partial charge in [0, 0.05) is 0 Å². The van der Waals surface area contributed by atoms with Crippen molar-refractivity contribution in [3.05, 3.63) is 95.1 Å². The van der Waals surface area contributed by atoms with E-state index in [1.807, 2.05) is 50.2 Å². The highest BCUT2D eigenvalue weighted by molar-refractivity contribution is 5.85. The highest BCUT2D eigenvalue weighted by Gasteiger charge is 2.29. The van der Waals surface area contributed by atoms with E-state index in [0.717, 1.165) is 40.0 Å². The Morgan fingerprint density at radius 1 is 0.906 bits per heavy atom. The number of benzene rings is 3. The van der Waals surface area contributed by atoms with E-state index < -0.39 is 17.7 Å². The molecule has 32 heavy (non-hydrogen) atoms. The quantitative estimate of drug-likeness (QED) is 0.422. The Hall–Kier alpha value is -3.54. The summed E-state index contributed by atoms with van der Waals surface area (Å²) in [6.45, 7) is 4.05. The first-order chi connectivity index (χ1) is 15.1. The van der Waals surface area contributed by atoms with Crippen molar-refractivity contribution in [3.8, 4) is 16.9 Å². The van der Waals surface area contributed by atoms with Crippen molar-refractivity contribution in [2.24, 2.45) is 0 Å². The SMILES string of the molecule is CC(C)=C(CC(=O)O)c1ccc(OCc2cccc(-c3ccc(C(F)(F)F)cc3)c2)cc1. The first-order valence-corrected chi connectivity index (χ1v) is 10.0. The van der Waals surface area contributed by atoms with Gasteiger partial charge < -0.3 is 9.84 Å². The lowest BCUT2D eigenvalue weighted by molar-refractivity contribution is -0.138. The van der Waals surface area contributed by atoms with E-state index in [2.05, 4.69) is 0 Å². The molecule has 3 nitrogen and oxygen atoms in total. The molecule has 0 spiro atoms. The van der Waals surface area contributed by atoms with Crippen LogP contribution in [0, 0.1) is 0 Å². The molecule has 0 amide bonds. The fourth-order valence-electron chi connectivity index (χ4n) is 3.33. The molecule has 0 heterocycles. The summed E-state index contributed by atoms with van der Waals surface area (Å²) in [7, 11) is 0. The molecule has 0 aliphatic heterocycles. The largest absolute Gasteiger partial charge is 0.489 e. The minimum Gasteiger partial charge on any atom is -0.489 e. The molecular formula is C26H23F3O3. The zero-order valence-electron chi connectivity index (χ0n) is 17.7. The Morgan fingerprint density at radius 2 is 1.56 bits per heavy atom. The maximum Gasteiger partial charge on any atom is 0.416 e. The summed E-state index contributed by atoms with van der Waals surface area (Å²) in [5.41, 5.74) is 4.25. The van der Waals surface area contributed by atoms with Gasteiger partial charge in [-0.2, -0.15) is 13.2 Å². The number of hydrogen-bond donors (Lipinski definition) is 1. The zero-order valence-corrected chi connectivity index (χ0v) is 17.7. The summed E-state index contributed by atoms with van der Waals surface area (Å²) in [5, 5.41) is 9.10. The van der Waals surface area contributed by atoms with Gasteiger partial charge in [0.15, 0.2) is 0 Å². The van der Waals surface area contributed by atoms with E-state index in [1.54, 1.807) is 12.1 Å². The molecule has 0 bridgehead atoms. The molecule has 0 aliphatic rings. The fourth-order valence-corrected chi connectivity index (χ4v) is 3.33. The minimum absolute atomic E-state index is 0.0424. The first kappa shape index (κ1) is 23.1. The molecule has 3 aromatic carbocycles. The van der Waals surface area contributed by atoms with Crippen LogP contribution in [0.3, 0.4) is 0 Å². The fraction of sp³-hybridized carbons (Fsp3) is 0.192. The van der Waals surface area contributed by atoms with Crippen LogP contribution in [0.1, 0.15) is 37.0 Å². The molecule has 0 aromatic heterocycles. The molecule has 0 fully saturated rings. The maximum atomic E-state index is 12.8. The van der Waals surface area contributed by atoms with Crippen LogP contribution in [0.2, 0.25) is 0 Å². The lowest BCUT2D eigenvalue weighted by Crippen LogP contribution is -2.04. The van der Waals surface area contributed by atoms with E-state index in [0.29, 0.717) is 17.9 Å². The second-order valence-corrected chi connectivity index (χ2v) is 7.64. The number of allylic oxidation sites excluding steroid dienone is 1. The third kappa shape index (κ3) is 6.00. The van der Waals surface area contributed by atoms with Crippen molar-refractivity contribution in [2.75, 3.05) is 0 Å². The number of ether oxygens (including phenoxy) is 1. The molecule has 3 rings (SSSR count). The number of rotatable bonds is 7. The van der Waals surface area contributed by atoms with Crippen molar-refractivity contribution in [2.45, 2.75) is 33.1 Å². The Balaban J connectivity index is 1.69. The van der Waals surface area contributed by atoms with Gasteiger partial charge in [-0.25, -0.2) is 0 Å². The van der Waals surface area contributed by atoms with Gasteiger partial charge in [0.25, 0.3) is 0 Å². The molecule has 0 saturated carbocycles. The summed E-state index contributed by atoms with van der Waals surface area (Å²) < 4.78 is 44.1. The van der Waals surface area contributed by atoms with Crippen molar-refractivity contribution in [3.63, 3.8) is 0 Å². The van der Waals surface area contributed by atoms with Crippen LogP contribution in [0.4, 0.5) is 13.2 Å². The van der Waals surface area contributed by atoms with Crippen LogP contribution < -0.4 is 4.74 Å². The van der Waals surface area contributed by atoms with E-state index in [4.69, 9.17) is 9.84 Å². The van der Waals surface area contributed by atoms with E-state index in [1.165, 1.54) is 12.1 Å². The smallest absolute Gasteiger partial charge is 0.416 e. The average Bonchev–Trinajstić information content (AvgIpc) is 2.76. The monoisotopic (exact) mass is 440 g/mol. The van der Waals surface area contributed by atoms with Crippen molar-refractivity contribution < 1.29 is 27.8 Å². The predicted molar refractivity (Wildman–Crippen MR) is 118 cm³/mol. The van der Waals surface area contributed by atoms with Gasteiger partial charge in [-0.15, -0.1) is 0 Å². The Kier molecular flexibility index (Phi) is 7.03. The third-order valence-electron chi connectivity index (χ3n) is 5.01. The molecule has 0 atom stereocenters. The molecular weight excluding hydrogens is 417 g/mol. The van der Waals surface area contributed by atoms with Gasteiger partial charge in [-0.1, -0.05) is 48.0 Å². The van der Waals surface area contributed by atoms with Crippen LogP contribution in [-0.4, -0.2) is 11.1 Å². The van der Waals surface area contributed by atoms with Crippen LogP contribution in [0.15, 0.2) is 78.4 Å². The van der Waals surface area contributed by atoms with Gasteiger partial charge in [0.05, 0.1) is 12.0 Å². The van der Waals surface area contributed by atoms with Crippen molar-refractivity contribution in [1.82, 2.24) is 0 Å². The Bertz CT molecular complexity index is 1110. The molecule has 166 valence electrons. The highest BCUT2D eigenvalue weighted by Crippen LogP contribution is 2.31. The van der Waals surface area contributed by atoms with Gasteiger partial charge in [-0.05, 0) is 72.0 Å². The van der Waals surface area contributed by atoms with Crippen LogP contribution in [0.25, 0.3) is 16.7 Å². The predicted octanol–water partition coefficient (Wildman–Crippen LogP) is 7.22. The van der Waals surface area contributed by atoms with Gasteiger partial charge in [-0.3, -0.25) is 4.79 Å². The second kappa shape index (κ2) is 9.73. The van der Waals surface area contributed by atoms with E-state index >= 15 is 0 Å². The van der Waals surface area contributed by atoms with Crippen LogP contribution >= 0.6 is 0 Å². The van der Waals surface area contributed by atoms with E-state index in [9.17, 15) is 18.0 Å². The standard InChI is InChI=1S/C26H23F3O3/c1-17(2)24(15-25(30)31)20-8-12-23(13-9-20)32-16-18-4-3-5-21(14-18)19-6-10-22(11-7-19)26(27,28)29/h3-14H,15-16H2,1-2H3,(H,30,31). The highest BCUT2D eigenvalue weighted by atomic mass is 19.4. The van der Waals surface area contributed by atoms with Crippen molar-refractivity contribution in [1.29, 1.82) is 0 Å². The number of hydrogen-bond acceptors (Lipinski definition) is 2. The second-order valence-electron chi connectivity index (χ2n) is 7.64.